The monoisotopic (exact) mass is 187 g/mol. The molecule has 2 rings (SSSR count). The number of aliphatic hydroxyl groups excluding tert-OH is 1. The zero-order chi connectivity index (χ0) is 10.2. The molecule has 2 nitrogen and oxygen atoms in total. The topological polar surface area (TPSA) is 44.0 Å². The van der Waals surface area contributed by atoms with Gasteiger partial charge in [0.1, 0.15) is 0 Å². The number of aliphatic hydroxyl groups is 1. The van der Waals surface area contributed by atoms with Gasteiger partial charge in [0, 0.05) is 0 Å². The summed E-state index contributed by atoms with van der Waals surface area (Å²) >= 11 is 0. The maximum absolute atomic E-state index is 9.28. The van der Waals surface area contributed by atoms with Gasteiger partial charge in [-0.1, -0.05) is 29.8 Å². The molecule has 1 saturated carbocycles. The molecular weight excluding hydrogens is 174 g/mol. The second-order valence-electron chi connectivity index (χ2n) is 4.12. The van der Waals surface area contributed by atoms with E-state index in [1.807, 2.05) is 31.2 Å². The lowest BCUT2D eigenvalue weighted by molar-refractivity contribution is 0.0447. The number of rotatable bonds is 1. The summed E-state index contributed by atoms with van der Waals surface area (Å²) in [4.78, 5) is 0. The summed E-state index contributed by atoms with van der Waals surface area (Å²) in [5.41, 5.74) is 1.81. The van der Waals surface area contributed by atoms with E-state index >= 15 is 0 Å². The number of nitriles is 1. The molecule has 0 bridgehead atoms. The van der Waals surface area contributed by atoms with Crippen molar-refractivity contribution in [3.63, 3.8) is 0 Å². The molecule has 72 valence electrons. The van der Waals surface area contributed by atoms with Crippen LogP contribution in [0.2, 0.25) is 0 Å². The first-order valence-corrected chi connectivity index (χ1v) is 4.83. The third-order valence-electron chi connectivity index (χ3n) is 2.99. The standard InChI is InChI=1S/C12H13NO/c1-9-2-4-10(5-3-9)12(8-13)6-11(14)7-12/h2-5,11,14H,6-7H2,1H3. The molecule has 0 amide bonds. The summed E-state index contributed by atoms with van der Waals surface area (Å²) in [6.07, 6.45) is 0.856. The van der Waals surface area contributed by atoms with Crippen molar-refractivity contribution in [1.82, 2.24) is 0 Å². The molecule has 0 aliphatic heterocycles. The van der Waals surface area contributed by atoms with Crippen LogP contribution >= 0.6 is 0 Å². The molecule has 1 aliphatic carbocycles. The highest BCUT2D eigenvalue weighted by Gasteiger charge is 2.45. The lowest BCUT2D eigenvalue weighted by Gasteiger charge is -2.40. The van der Waals surface area contributed by atoms with E-state index in [2.05, 4.69) is 6.07 Å². The average Bonchev–Trinajstić information content (AvgIpc) is 2.14. The summed E-state index contributed by atoms with van der Waals surface area (Å²) < 4.78 is 0. The average molecular weight is 187 g/mol. The van der Waals surface area contributed by atoms with Crippen molar-refractivity contribution in [3.8, 4) is 6.07 Å². The van der Waals surface area contributed by atoms with Gasteiger partial charge in [0.15, 0.2) is 0 Å². The Morgan fingerprint density at radius 3 is 2.36 bits per heavy atom. The van der Waals surface area contributed by atoms with Crippen LogP contribution in [0.15, 0.2) is 24.3 Å². The Balaban J connectivity index is 2.31. The maximum atomic E-state index is 9.28. The van der Waals surface area contributed by atoms with E-state index < -0.39 is 5.41 Å². The van der Waals surface area contributed by atoms with Crippen LogP contribution in [0.1, 0.15) is 24.0 Å². The first-order valence-electron chi connectivity index (χ1n) is 4.83. The minimum atomic E-state index is -0.423. The van der Waals surface area contributed by atoms with Crippen LogP contribution in [0, 0.1) is 18.3 Å². The molecule has 1 aromatic rings. The van der Waals surface area contributed by atoms with Gasteiger partial charge in [0.05, 0.1) is 17.6 Å². The number of benzene rings is 1. The van der Waals surface area contributed by atoms with Crippen LogP contribution in [0.5, 0.6) is 0 Å². The summed E-state index contributed by atoms with van der Waals surface area (Å²) in [5.74, 6) is 0. The van der Waals surface area contributed by atoms with Gasteiger partial charge in [-0.3, -0.25) is 0 Å². The molecule has 2 heteroatoms. The third kappa shape index (κ3) is 1.30. The Hall–Kier alpha value is -1.33. The van der Waals surface area contributed by atoms with Crippen molar-refractivity contribution < 1.29 is 5.11 Å². The molecule has 1 N–H and O–H groups in total. The number of hydrogen-bond donors (Lipinski definition) is 1. The minimum absolute atomic E-state index is 0.295. The predicted molar refractivity (Wildman–Crippen MR) is 53.7 cm³/mol. The van der Waals surface area contributed by atoms with E-state index in [0.29, 0.717) is 12.8 Å². The Kier molecular flexibility index (Phi) is 2.05. The van der Waals surface area contributed by atoms with E-state index in [9.17, 15) is 5.11 Å². The van der Waals surface area contributed by atoms with Crippen molar-refractivity contribution in [2.24, 2.45) is 0 Å². The highest BCUT2D eigenvalue weighted by molar-refractivity contribution is 5.37. The number of hydrogen-bond acceptors (Lipinski definition) is 2. The van der Waals surface area contributed by atoms with Crippen molar-refractivity contribution in [2.45, 2.75) is 31.3 Å². The van der Waals surface area contributed by atoms with Crippen molar-refractivity contribution >= 4 is 0 Å². The maximum Gasteiger partial charge on any atom is 0.0871 e. The van der Waals surface area contributed by atoms with Gasteiger partial charge in [-0.05, 0) is 25.3 Å². The molecule has 14 heavy (non-hydrogen) atoms. The molecular formula is C12H13NO. The summed E-state index contributed by atoms with van der Waals surface area (Å²) in [6.45, 7) is 2.03. The van der Waals surface area contributed by atoms with Gasteiger partial charge in [0.25, 0.3) is 0 Å². The van der Waals surface area contributed by atoms with E-state index in [0.717, 1.165) is 5.56 Å². The van der Waals surface area contributed by atoms with E-state index in [-0.39, 0.29) is 6.10 Å². The van der Waals surface area contributed by atoms with E-state index in [1.54, 1.807) is 0 Å². The fraction of sp³-hybridized carbons (Fsp3) is 0.417. The Labute approximate surface area is 83.8 Å². The van der Waals surface area contributed by atoms with Crippen LogP contribution < -0.4 is 0 Å². The molecule has 1 aliphatic rings. The van der Waals surface area contributed by atoms with Gasteiger partial charge in [0.2, 0.25) is 0 Å². The van der Waals surface area contributed by atoms with Crippen LogP contribution in [0.3, 0.4) is 0 Å². The molecule has 0 saturated heterocycles. The molecule has 1 fully saturated rings. The summed E-state index contributed by atoms with van der Waals surface area (Å²) in [7, 11) is 0. The Bertz CT molecular complexity index is 368. The molecule has 0 aromatic heterocycles. The second-order valence-corrected chi connectivity index (χ2v) is 4.12. The smallest absolute Gasteiger partial charge is 0.0871 e. The molecule has 0 radical (unpaired) electrons. The minimum Gasteiger partial charge on any atom is -0.393 e. The van der Waals surface area contributed by atoms with Crippen LogP contribution in [-0.2, 0) is 5.41 Å². The van der Waals surface area contributed by atoms with Gasteiger partial charge < -0.3 is 5.11 Å². The molecule has 0 atom stereocenters. The lowest BCUT2D eigenvalue weighted by Crippen LogP contribution is -2.43. The van der Waals surface area contributed by atoms with Crippen LogP contribution in [-0.4, -0.2) is 11.2 Å². The van der Waals surface area contributed by atoms with Gasteiger partial charge in [-0.15, -0.1) is 0 Å². The number of aryl methyl sites for hydroxylation is 1. The predicted octanol–water partition coefficient (Wildman–Crippen LogP) is 1.91. The normalized spacial score (nSPS) is 30.5. The van der Waals surface area contributed by atoms with Crippen LogP contribution in [0.25, 0.3) is 0 Å². The number of nitrogens with zero attached hydrogens (tertiary/aromatic N) is 1. The van der Waals surface area contributed by atoms with Crippen molar-refractivity contribution in [2.75, 3.05) is 0 Å². The molecule has 0 unspecified atom stereocenters. The van der Waals surface area contributed by atoms with Gasteiger partial charge >= 0.3 is 0 Å². The lowest BCUT2D eigenvalue weighted by atomic mass is 9.64. The van der Waals surface area contributed by atoms with Gasteiger partial charge in [-0.2, -0.15) is 5.26 Å². The fourth-order valence-corrected chi connectivity index (χ4v) is 2.01. The molecule has 0 heterocycles. The van der Waals surface area contributed by atoms with E-state index in [4.69, 9.17) is 5.26 Å². The highest BCUT2D eigenvalue weighted by Crippen LogP contribution is 2.43. The molecule has 0 spiro atoms. The third-order valence-corrected chi connectivity index (χ3v) is 2.99. The van der Waals surface area contributed by atoms with Crippen LogP contribution in [0.4, 0.5) is 0 Å². The quantitative estimate of drug-likeness (QED) is 0.729. The summed E-state index contributed by atoms with van der Waals surface area (Å²) in [5, 5.41) is 18.4. The summed E-state index contributed by atoms with van der Waals surface area (Å²) in [6, 6.07) is 10.3. The Morgan fingerprint density at radius 1 is 1.36 bits per heavy atom. The first kappa shape index (κ1) is 9.23. The van der Waals surface area contributed by atoms with Crippen molar-refractivity contribution in [1.29, 1.82) is 5.26 Å². The fourth-order valence-electron chi connectivity index (χ4n) is 2.01. The highest BCUT2D eigenvalue weighted by atomic mass is 16.3. The Morgan fingerprint density at radius 2 is 1.93 bits per heavy atom. The van der Waals surface area contributed by atoms with E-state index in [1.165, 1.54) is 5.56 Å². The zero-order valence-corrected chi connectivity index (χ0v) is 8.20. The molecule has 1 aromatic carbocycles. The second kappa shape index (κ2) is 3.11. The van der Waals surface area contributed by atoms with Crippen molar-refractivity contribution in [3.05, 3.63) is 35.4 Å². The zero-order valence-electron chi connectivity index (χ0n) is 8.20. The SMILES string of the molecule is Cc1ccc(C2(C#N)CC(O)C2)cc1. The first-order chi connectivity index (χ1) is 6.66. The van der Waals surface area contributed by atoms with Gasteiger partial charge in [-0.25, -0.2) is 0 Å². The largest absolute Gasteiger partial charge is 0.393 e.